The zero-order valence-corrected chi connectivity index (χ0v) is 11.3. The van der Waals surface area contributed by atoms with Crippen LogP contribution >= 0.6 is 11.3 Å². The number of anilines is 1. The average Bonchev–Trinajstić information content (AvgIpc) is 2.89. The van der Waals surface area contributed by atoms with Gasteiger partial charge >= 0.3 is 0 Å². The number of hydrogen-bond acceptors (Lipinski definition) is 7. The van der Waals surface area contributed by atoms with E-state index in [1.54, 1.807) is 19.3 Å². The highest BCUT2D eigenvalue weighted by molar-refractivity contribution is 7.18. The molecule has 0 radical (unpaired) electrons. The standard InChI is InChI=1S/C12H10N6OS/c1-18-11(19)7(10-15-16-12(13)20-10)6-9(17-18)8-4-2-3-5-14-8/h2-6H,1H3,(H2,13,16). The molecular formula is C12H10N6OS. The number of rotatable bonds is 2. The third-order valence-corrected chi connectivity index (χ3v) is 3.45. The van der Waals surface area contributed by atoms with Crippen molar-refractivity contribution in [1.82, 2.24) is 25.0 Å². The largest absolute Gasteiger partial charge is 0.374 e. The van der Waals surface area contributed by atoms with Gasteiger partial charge in [-0.25, -0.2) is 4.68 Å². The molecule has 3 heterocycles. The van der Waals surface area contributed by atoms with Crippen molar-refractivity contribution in [1.29, 1.82) is 0 Å². The molecule has 0 saturated heterocycles. The lowest BCUT2D eigenvalue weighted by Crippen LogP contribution is -2.21. The first-order chi connectivity index (χ1) is 9.65. The summed E-state index contributed by atoms with van der Waals surface area (Å²) in [6.45, 7) is 0. The predicted octanol–water partition coefficient (Wildman–Crippen LogP) is 0.943. The van der Waals surface area contributed by atoms with Crippen LogP contribution in [0.15, 0.2) is 35.3 Å². The molecule has 0 aromatic carbocycles. The smallest absolute Gasteiger partial charge is 0.276 e. The van der Waals surface area contributed by atoms with E-state index in [0.717, 1.165) is 11.3 Å². The topological polar surface area (TPSA) is 99.6 Å². The lowest BCUT2D eigenvalue weighted by Gasteiger charge is -2.04. The number of nitrogens with zero attached hydrogens (tertiary/aromatic N) is 5. The molecule has 0 amide bonds. The summed E-state index contributed by atoms with van der Waals surface area (Å²) in [5.74, 6) is 0. The molecule has 8 heteroatoms. The van der Waals surface area contributed by atoms with E-state index in [1.807, 2.05) is 18.2 Å². The minimum absolute atomic E-state index is 0.249. The van der Waals surface area contributed by atoms with Gasteiger partial charge in [-0.1, -0.05) is 17.4 Å². The first-order valence-electron chi connectivity index (χ1n) is 5.74. The van der Waals surface area contributed by atoms with Crippen molar-refractivity contribution >= 4 is 16.5 Å². The SMILES string of the molecule is Cn1nc(-c2ccccn2)cc(-c2nnc(N)s2)c1=O. The molecule has 2 N–H and O–H groups in total. The first-order valence-corrected chi connectivity index (χ1v) is 6.56. The Morgan fingerprint density at radius 3 is 2.75 bits per heavy atom. The summed E-state index contributed by atoms with van der Waals surface area (Å²) in [7, 11) is 1.59. The Labute approximate surface area is 117 Å². The van der Waals surface area contributed by atoms with Crippen LogP contribution in [0.25, 0.3) is 22.0 Å². The van der Waals surface area contributed by atoms with E-state index in [-0.39, 0.29) is 5.56 Å². The van der Waals surface area contributed by atoms with Crippen LogP contribution in [0.4, 0.5) is 5.13 Å². The first kappa shape index (κ1) is 12.4. The van der Waals surface area contributed by atoms with Crippen LogP contribution in [0.3, 0.4) is 0 Å². The Morgan fingerprint density at radius 1 is 1.25 bits per heavy atom. The normalized spacial score (nSPS) is 10.7. The molecule has 3 aromatic rings. The quantitative estimate of drug-likeness (QED) is 0.752. The van der Waals surface area contributed by atoms with E-state index in [2.05, 4.69) is 20.3 Å². The molecule has 0 saturated carbocycles. The number of aryl methyl sites for hydroxylation is 1. The molecule has 0 bridgehead atoms. The van der Waals surface area contributed by atoms with Gasteiger partial charge in [0, 0.05) is 13.2 Å². The van der Waals surface area contributed by atoms with Gasteiger partial charge < -0.3 is 5.73 Å². The minimum Gasteiger partial charge on any atom is -0.374 e. The molecule has 0 aliphatic rings. The molecule has 0 fully saturated rings. The monoisotopic (exact) mass is 286 g/mol. The van der Waals surface area contributed by atoms with Gasteiger partial charge in [0.2, 0.25) is 5.13 Å². The minimum atomic E-state index is -0.249. The van der Waals surface area contributed by atoms with E-state index < -0.39 is 0 Å². The molecule has 3 rings (SSSR count). The summed E-state index contributed by atoms with van der Waals surface area (Å²) in [6.07, 6.45) is 1.67. The van der Waals surface area contributed by atoms with Crippen molar-refractivity contribution in [2.75, 3.05) is 5.73 Å². The maximum atomic E-state index is 12.1. The number of hydrogen-bond donors (Lipinski definition) is 1. The van der Waals surface area contributed by atoms with Gasteiger partial charge in [0.05, 0.1) is 11.3 Å². The van der Waals surface area contributed by atoms with Crippen molar-refractivity contribution in [2.45, 2.75) is 0 Å². The third kappa shape index (κ3) is 2.16. The Bertz CT molecular complexity index is 810. The van der Waals surface area contributed by atoms with Gasteiger partial charge in [-0.2, -0.15) is 5.10 Å². The van der Waals surface area contributed by atoms with Crippen molar-refractivity contribution in [3.63, 3.8) is 0 Å². The summed E-state index contributed by atoms with van der Waals surface area (Å²) >= 11 is 1.16. The van der Waals surface area contributed by atoms with Crippen LogP contribution in [0.5, 0.6) is 0 Å². The summed E-state index contributed by atoms with van der Waals surface area (Å²) in [4.78, 5) is 16.4. The number of pyridine rings is 1. The Balaban J connectivity index is 2.21. The molecule has 0 atom stereocenters. The summed E-state index contributed by atoms with van der Waals surface area (Å²) < 4.78 is 1.26. The van der Waals surface area contributed by atoms with E-state index >= 15 is 0 Å². The Hall–Kier alpha value is -2.61. The van der Waals surface area contributed by atoms with Crippen molar-refractivity contribution in [3.05, 3.63) is 40.8 Å². The van der Waals surface area contributed by atoms with Gasteiger partial charge in [0.1, 0.15) is 5.69 Å². The second kappa shape index (κ2) is 4.82. The van der Waals surface area contributed by atoms with Crippen molar-refractivity contribution in [2.24, 2.45) is 7.05 Å². The van der Waals surface area contributed by atoms with Crippen LogP contribution in [0.1, 0.15) is 0 Å². The van der Waals surface area contributed by atoms with Crippen LogP contribution in [-0.4, -0.2) is 25.0 Å². The summed E-state index contributed by atoms with van der Waals surface area (Å²) in [5.41, 5.74) is 7.00. The van der Waals surface area contributed by atoms with Gasteiger partial charge in [0.25, 0.3) is 5.56 Å². The van der Waals surface area contributed by atoms with Gasteiger partial charge in [-0.15, -0.1) is 10.2 Å². The van der Waals surface area contributed by atoms with Crippen LogP contribution in [0.2, 0.25) is 0 Å². The Kier molecular flexibility index (Phi) is 2.99. The fourth-order valence-electron chi connectivity index (χ4n) is 1.74. The molecule has 0 aliphatic carbocycles. The maximum absolute atomic E-state index is 12.1. The molecule has 0 aliphatic heterocycles. The molecule has 100 valence electrons. The number of nitrogens with two attached hydrogens (primary N) is 1. The molecule has 0 spiro atoms. The van der Waals surface area contributed by atoms with E-state index in [9.17, 15) is 4.79 Å². The lowest BCUT2D eigenvalue weighted by molar-refractivity contribution is 0.713. The highest BCUT2D eigenvalue weighted by atomic mass is 32.1. The number of aromatic nitrogens is 5. The fraction of sp³-hybridized carbons (Fsp3) is 0.0833. The van der Waals surface area contributed by atoms with E-state index in [0.29, 0.717) is 27.1 Å². The zero-order chi connectivity index (χ0) is 14.1. The highest BCUT2D eigenvalue weighted by Crippen LogP contribution is 2.24. The molecular weight excluding hydrogens is 276 g/mol. The second-order valence-electron chi connectivity index (χ2n) is 4.03. The van der Waals surface area contributed by atoms with Gasteiger partial charge in [-0.3, -0.25) is 9.78 Å². The third-order valence-electron chi connectivity index (χ3n) is 2.66. The van der Waals surface area contributed by atoms with Crippen LogP contribution in [0, 0.1) is 0 Å². The van der Waals surface area contributed by atoms with Gasteiger partial charge in [0.15, 0.2) is 5.01 Å². The second-order valence-corrected chi connectivity index (χ2v) is 5.04. The van der Waals surface area contributed by atoms with E-state index in [1.165, 1.54) is 4.68 Å². The highest BCUT2D eigenvalue weighted by Gasteiger charge is 2.14. The fourth-order valence-corrected chi connectivity index (χ4v) is 2.36. The zero-order valence-electron chi connectivity index (χ0n) is 10.5. The van der Waals surface area contributed by atoms with Crippen molar-refractivity contribution in [3.8, 4) is 22.0 Å². The van der Waals surface area contributed by atoms with Gasteiger partial charge in [-0.05, 0) is 18.2 Å². The Morgan fingerprint density at radius 2 is 2.10 bits per heavy atom. The van der Waals surface area contributed by atoms with Crippen LogP contribution < -0.4 is 11.3 Å². The molecule has 7 nitrogen and oxygen atoms in total. The molecule has 3 aromatic heterocycles. The number of nitrogen functional groups attached to an aromatic ring is 1. The van der Waals surface area contributed by atoms with Crippen molar-refractivity contribution < 1.29 is 0 Å². The van der Waals surface area contributed by atoms with E-state index in [4.69, 9.17) is 5.73 Å². The maximum Gasteiger partial charge on any atom is 0.276 e. The molecule has 20 heavy (non-hydrogen) atoms. The lowest BCUT2D eigenvalue weighted by atomic mass is 10.2. The molecule has 0 unspecified atom stereocenters. The average molecular weight is 286 g/mol. The summed E-state index contributed by atoms with van der Waals surface area (Å²) in [5, 5.41) is 12.6. The predicted molar refractivity (Wildman–Crippen MR) is 76.0 cm³/mol. The summed E-state index contributed by atoms with van der Waals surface area (Å²) in [6, 6.07) is 7.16. The van der Waals surface area contributed by atoms with Crippen LogP contribution in [-0.2, 0) is 7.05 Å².